The summed E-state index contributed by atoms with van der Waals surface area (Å²) in [7, 11) is 0. The predicted octanol–water partition coefficient (Wildman–Crippen LogP) is 1.82. The highest BCUT2D eigenvalue weighted by Crippen LogP contribution is 2.25. The summed E-state index contributed by atoms with van der Waals surface area (Å²) >= 11 is 0. The summed E-state index contributed by atoms with van der Waals surface area (Å²) in [6, 6.07) is 0. The van der Waals surface area contributed by atoms with Crippen LogP contribution in [0.25, 0.3) is 0 Å². The molecule has 1 saturated carbocycles. The molecule has 92 valence electrons. The maximum atomic E-state index is 12.1. The molecule has 16 heavy (non-hydrogen) atoms. The Balaban J connectivity index is 1.85. The van der Waals surface area contributed by atoms with E-state index in [0.29, 0.717) is 11.8 Å². The van der Waals surface area contributed by atoms with Gasteiger partial charge in [-0.05, 0) is 45.7 Å². The molecule has 1 amide bonds. The summed E-state index contributed by atoms with van der Waals surface area (Å²) in [6.07, 6.45) is 8.09. The Morgan fingerprint density at radius 1 is 1.19 bits per heavy atom. The van der Waals surface area contributed by atoms with Crippen LogP contribution < -0.4 is 10.6 Å². The van der Waals surface area contributed by atoms with Crippen molar-refractivity contribution in [3.05, 3.63) is 0 Å². The van der Waals surface area contributed by atoms with Gasteiger partial charge < -0.3 is 10.6 Å². The third-order valence-electron chi connectivity index (χ3n) is 4.11. The van der Waals surface area contributed by atoms with Crippen LogP contribution in [0.15, 0.2) is 0 Å². The van der Waals surface area contributed by atoms with Crippen LogP contribution >= 0.6 is 0 Å². The van der Waals surface area contributed by atoms with Gasteiger partial charge >= 0.3 is 0 Å². The van der Waals surface area contributed by atoms with Gasteiger partial charge in [0, 0.05) is 11.5 Å². The molecule has 2 fully saturated rings. The minimum absolute atomic E-state index is 0.0414. The van der Waals surface area contributed by atoms with E-state index >= 15 is 0 Å². The van der Waals surface area contributed by atoms with Gasteiger partial charge in [0.1, 0.15) is 0 Å². The van der Waals surface area contributed by atoms with Crippen LogP contribution in [0.5, 0.6) is 0 Å². The Kier molecular flexibility index (Phi) is 3.85. The third kappa shape index (κ3) is 2.97. The van der Waals surface area contributed by atoms with Gasteiger partial charge in [-0.2, -0.15) is 0 Å². The first-order valence-electron chi connectivity index (χ1n) is 6.72. The molecule has 1 aliphatic carbocycles. The Hall–Kier alpha value is -0.570. The minimum Gasteiger partial charge on any atom is -0.351 e. The molecule has 0 bridgehead atoms. The fourth-order valence-corrected chi connectivity index (χ4v) is 2.87. The van der Waals surface area contributed by atoms with Gasteiger partial charge in [0.15, 0.2) is 0 Å². The Morgan fingerprint density at radius 2 is 1.81 bits per heavy atom. The van der Waals surface area contributed by atoms with Crippen molar-refractivity contribution in [1.82, 2.24) is 10.6 Å². The van der Waals surface area contributed by atoms with Crippen molar-refractivity contribution >= 4 is 5.91 Å². The molecule has 0 spiro atoms. The van der Waals surface area contributed by atoms with Crippen LogP contribution in [-0.4, -0.2) is 24.5 Å². The zero-order chi connectivity index (χ0) is 11.4. The highest BCUT2D eigenvalue weighted by molar-refractivity contribution is 5.79. The lowest BCUT2D eigenvalue weighted by Crippen LogP contribution is -2.53. The first-order chi connectivity index (χ1) is 7.70. The second kappa shape index (κ2) is 5.17. The van der Waals surface area contributed by atoms with E-state index in [9.17, 15) is 4.79 Å². The van der Waals surface area contributed by atoms with Crippen molar-refractivity contribution in [1.29, 1.82) is 0 Å². The van der Waals surface area contributed by atoms with E-state index in [1.165, 1.54) is 19.3 Å². The molecule has 3 nitrogen and oxygen atoms in total. The number of piperidine rings is 1. The summed E-state index contributed by atoms with van der Waals surface area (Å²) in [5, 5.41) is 6.63. The van der Waals surface area contributed by atoms with Gasteiger partial charge in [0.2, 0.25) is 5.91 Å². The number of hydrogen-bond donors (Lipinski definition) is 2. The molecule has 1 heterocycles. The molecular formula is C13H24N2O. The van der Waals surface area contributed by atoms with Crippen molar-refractivity contribution in [3.63, 3.8) is 0 Å². The van der Waals surface area contributed by atoms with E-state index < -0.39 is 0 Å². The van der Waals surface area contributed by atoms with Crippen molar-refractivity contribution < 1.29 is 4.79 Å². The predicted molar refractivity (Wildman–Crippen MR) is 65.2 cm³/mol. The van der Waals surface area contributed by atoms with E-state index in [1.807, 2.05) is 0 Å². The Bertz CT molecular complexity index is 240. The van der Waals surface area contributed by atoms with E-state index in [1.54, 1.807) is 0 Å². The highest BCUT2D eigenvalue weighted by Gasteiger charge is 2.31. The van der Waals surface area contributed by atoms with Gasteiger partial charge in [0.05, 0.1) is 0 Å². The normalized spacial score (nSPS) is 26.3. The summed E-state index contributed by atoms with van der Waals surface area (Å²) in [4.78, 5) is 12.1. The molecule has 1 saturated heterocycles. The van der Waals surface area contributed by atoms with Gasteiger partial charge in [0.25, 0.3) is 0 Å². The van der Waals surface area contributed by atoms with Gasteiger partial charge in [-0.1, -0.05) is 19.3 Å². The van der Waals surface area contributed by atoms with Crippen LogP contribution in [-0.2, 0) is 4.79 Å². The second-order valence-electron chi connectivity index (χ2n) is 5.63. The Labute approximate surface area is 98.4 Å². The monoisotopic (exact) mass is 224 g/mol. The summed E-state index contributed by atoms with van der Waals surface area (Å²) in [5.74, 6) is 0.601. The van der Waals surface area contributed by atoms with Crippen molar-refractivity contribution in [2.24, 2.45) is 5.92 Å². The number of carbonyl (C=O) groups excluding carboxylic acids is 1. The van der Waals surface area contributed by atoms with Crippen LogP contribution in [0, 0.1) is 5.92 Å². The number of amides is 1. The fraction of sp³-hybridized carbons (Fsp3) is 0.923. The lowest BCUT2D eigenvalue weighted by atomic mass is 9.86. The van der Waals surface area contributed by atoms with Crippen molar-refractivity contribution in [3.8, 4) is 0 Å². The first-order valence-corrected chi connectivity index (χ1v) is 6.72. The largest absolute Gasteiger partial charge is 0.351 e. The van der Waals surface area contributed by atoms with Crippen LogP contribution in [0.4, 0.5) is 0 Å². The molecular weight excluding hydrogens is 200 g/mol. The maximum Gasteiger partial charge on any atom is 0.223 e. The van der Waals surface area contributed by atoms with Gasteiger partial charge in [-0.3, -0.25) is 4.79 Å². The molecule has 2 aliphatic rings. The quantitative estimate of drug-likeness (QED) is 0.751. The molecule has 0 unspecified atom stereocenters. The first kappa shape index (κ1) is 11.9. The molecule has 0 aromatic carbocycles. The lowest BCUT2D eigenvalue weighted by Gasteiger charge is -2.36. The van der Waals surface area contributed by atoms with Crippen molar-refractivity contribution in [2.45, 2.75) is 57.4 Å². The van der Waals surface area contributed by atoms with E-state index in [4.69, 9.17) is 0 Å². The van der Waals surface area contributed by atoms with Gasteiger partial charge in [-0.15, -0.1) is 0 Å². The van der Waals surface area contributed by atoms with Gasteiger partial charge in [-0.25, -0.2) is 0 Å². The number of nitrogens with one attached hydrogen (secondary N) is 2. The fourth-order valence-electron chi connectivity index (χ4n) is 2.87. The minimum atomic E-state index is 0.0414. The zero-order valence-corrected chi connectivity index (χ0v) is 10.3. The third-order valence-corrected chi connectivity index (χ3v) is 4.11. The molecule has 1 aliphatic heterocycles. The molecule has 2 N–H and O–H groups in total. The molecule has 0 radical (unpaired) electrons. The summed E-state index contributed by atoms with van der Waals surface area (Å²) in [6.45, 7) is 4.25. The molecule has 0 aromatic rings. The maximum absolute atomic E-state index is 12.1. The number of rotatable bonds is 2. The number of carbonyl (C=O) groups is 1. The standard InChI is InChI=1S/C13H24N2O/c1-13(7-9-14-10-8-13)15-12(16)11-5-3-2-4-6-11/h11,14H,2-10H2,1H3,(H,15,16). The van der Waals surface area contributed by atoms with E-state index in [-0.39, 0.29) is 5.54 Å². The molecule has 0 atom stereocenters. The Morgan fingerprint density at radius 3 is 2.44 bits per heavy atom. The summed E-state index contributed by atoms with van der Waals surface area (Å²) in [5.41, 5.74) is 0.0414. The topological polar surface area (TPSA) is 41.1 Å². The molecule has 2 rings (SSSR count). The summed E-state index contributed by atoms with van der Waals surface area (Å²) < 4.78 is 0. The van der Waals surface area contributed by atoms with Crippen molar-refractivity contribution in [2.75, 3.05) is 13.1 Å². The smallest absolute Gasteiger partial charge is 0.223 e. The number of hydrogen-bond acceptors (Lipinski definition) is 2. The zero-order valence-electron chi connectivity index (χ0n) is 10.3. The van der Waals surface area contributed by atoms with E-state index in [0.717, 1.165) is 38.8 Å². The van der Waals surface area contributed by atoms with Crippen LogP contribution in [0.1, 0.15) is 51.9 Å². The average Bonchev–Trinajstić information content (AvgIpc) is 2.30. The van der Waals surface area contributed by atoms with Crippen LogP contribution in [0.2, 0.25) is 0 Å². The second-order valence-corrected chi connectivity index (χ2v) is 5.63. The SMILES string of the molecule is CC1(NC(=O)C2CCCCC2)CCNCC1. The van der Waals surface area contributed by atoms with Crippen LogP contribution in [0.3, 0.4) is 0 Å². The highest BCUT2D eigenvalue weighted by atomic mass is 16.2. The average molecular weight is 224 g/mol. The van der Waals surface area contributed by atoms with E-state index in [2.05, 4.69) is 17.6 Å². The molecule has 3 heteroatoms. The molecule has 0 aromatic heterocycles. The lowest BCUT2D eigenvalue weighted by molar-refractivity contribution is -0.128.